The fraction of sp³-hybridized carbons (Fsp3) is 0.600. The second kappa shape index (κ2) is 5.82. The van der Waals surface area contributed by atoms with Gasteiger partial charge in [0.05, 0.1) is 0 Å². The third-order valence-corrected chi connectivity index (χ3v) is 3.01. The van der Waals surface area contributed by atoms with Gasteiger partial charge in [-0.1, -0.05) is 13.3 Å². The fourth-order valence-corrected chi connectivity index (χ4v) is 2.02. The molecule has 0 fully saturated rings. The first-order valence-electron chi connectivity index (χ1n) is 5.00. The number of nitrogens with zero attached hydrogens (tertiary/aromatic N) is 1. The predicted octanol–water partition coefficient (Wildman–Crippen LogP) is 1.79. The molecular formula is C10H16N2O2S. The Hall–Kier alpha value is -0.940. The molecule has 0 aromatic carbocycles. The monoisotopic (exact) mass is 228 g/mol. The lowest BCUT2D eigenvalue weighted by Crippen LogP contribution is -2.35. The topological polar surface area (TPSA) is 62.2 Å². The van der Waals surface area contributed by atoms with E-state index in [9.17, 15) is 4.79 Å². The molecule has 5 heteroatoms. The van der Waals surface area contributed by atoms with E-state index in [1.165, 1.54) is 0 Å². The molecule has 0 aliphatic heterocycles. The van der Waals surface area contributed by atoms with Crippen LogP contribution in [0.4, 0.5) is 0 Å². The van der Waals surface area contributed by atoms with Crippen LogP contribution in [-0.4, -0.2) is 22.1 Å². The Morgan fingerprint density at radius 3 is 2.93 bits per heavy atom. The number of aryl methyl sites for hydroxylation is 1. The van der Waals surface area contributed by atoms with Crippen LogP contribution in [0, 0.1) is 6.92 Å². The van der Waals surface area contributed by atoms with Gasteiger partial charge in [-0.25, -0.2) is 4.98 Å². The summed E-state index contributed by atoms with van der Waals surface area (Å²) < 4.78 is 0. The van der Waals surface area contributed by atoms with E-state index in [1.54, 1.807) is 11.3 Å². The minimum Gasteiger partial charge on any atom is -0.480 e. The van der Waals surface area contributed by atoms with Crippen LogP contribution in [0.3, 0.4) is 0 Å². The van der Waals surface area contributed by atoms with Gasteiger partial charge in [-0.2, -0.15) is 0 Å². The van der Waals surface area contributed by atoms with Gasteiger partial charge >= 0.3 is 5.97 Å². The van der Waals surface area contributed by atoms with E-state index in [0.717, 1.165) is 17.1 Å². The fourth-order valence-electron chi connectivity index (χ4n) is 1.30. The smallest absolute Gasteiger partial charge is 0.320 e. The molecule has 0 bridgehead atoms. The molecule has 15 heavy (non-hydrogen) atoms. The van der Waals surface area contributed by atoms with Crippen molar-refractivity contribution in [2.75, 3.05) is 0 Å². The average Bonchev–Trinajstić information content (AvgIpc) is 2.58. The molecule has 1 aromatic rings. The third kappa shape index (κ3) is 3.97. The SMILES string of the molecule is CCCC(NCc1nc(C)cs1)C(=O)O. The molecule has 0 amide bonds. The Balaban J connectivity index is 2.43. The number of carboxylic acids is 1. The van der Waals surface area contributed by atoms with E-state index in [1.807, 2.05) is 19.2 Å². The van der Waals surface area contributed by atoms with Gasteiger partial charge in [0.25, 0.3) is 0 Å². The summed E-state index contributed by atoms with van der Waals surface area (Å²) in [5, 5.41) is 14.8. The van der Waals surface area contributed by atoms with E-state index in [0.29, 0.717) is 13.0 Å². The molecule has 2 N–H and O–H groups in total. The summed E-state index contributed by atoms with van der Waals surface area (Å²) in [5.74, 6) is -0.787. The predicted molar refractivity (Wildman–Crippen MR) is 60.0 cm³/mol. The van der Waals surface area contributed by atoms with Gasteiger partial charge in [-0.15, -0.1) is 11.3 Å². The minimum absolute atomic E-state index is 0.459. The normalized spacial score (nSPS) is 12.7. The number of carbonyl (C=O) groups is 1. The Kier molecular flexibility index (Phi) is 4.71. The summed E-state index contributed by atoms with van der Waals surface area (Å²) in [4.78, 5) is 15.1. The van der Waals surface area contributed by atoms with Gasteiger partial charge in [-0.3, -0.25) is 10.1 Å². The number of hydrogen-bond donors (Lipinski definition) is 2. The molecule has 4 nitrogen and oxygen atoms in total. The first-order valence-corrected chi connectivity index (χ1v) is 5.88. The van der Waals surface area contributed by atoms with Gasteiger partial charge in [0, 0.05) is 17.6 Å². The number of aliphatic carboxylic acids is 1. The Labute approximate surface area is 93.4 Å². The number of thiazole rings is 1. The van der Waals surface area contributed by atoms with E-state index >= 15 is 0 Å². The summed E-state index contributed by atoms with van der Waals surface area (Å²) >= 11 is 1.55. The minimum atomic E-state index is -0.787. The lowest BCUT2D eigenvalue weighted by molar-refractivity contribution is -0.139. The van der Waals surface area contributed by atoms with Crippen molar-refractivity contribution in [1.29, 1.82) is 0 Å². The third-order valence-electron chi connectivity index (χ3n) is 2.04. The second-order valence-electron chi connectivity index (χ2n) is 3.44. The molecule has 1 aromatic heterocycles. The average molecular weight is 228 g/mol. The number of aromatic nitrogens is 1. The molecule has 0 aliphatic rings. The Morgan fingerprint density at radius 1 is 1.73 bits per heavy atom. The summed E-state index contributed by atoms with van der Waals surface area (Å²) in [6, 6.07) is -0.459. The van der Waals surface area contributed by atoms with Crippen molar-refractivity contribution in [3.05, 3.63) is 16.1 Å². The maximum atomic E-state index is 10.8. The van der Waals surface area contributed by atoms with Crippen LogP contribution in [0.1, 0.15) is 30.5 Å². The molecule has 1 atom stereocenters. The van der Waals surface area contributed by atoms with Crippen molar-refractivity contribution in [3.8, 4) is 0 Å². The number of rotatable bonds is 6. The van der Waals surface area contributed by atoms with Crippen molar-refractivity contribution in [1.82, 2.24) is 10.3 Å². The van der Waals surface area contributed by atoms with Crippen LogP contribution < -0.4 is 5.32 Å². The van der Waals surface area contributed by atoms with Crippen molar-refractivity contribution in [2.24, 2.45) is 0 Å². The van der Waals surface area contributed by atoms with Crippen molar-refractivity contribution in [2.45, 2.75) is 39.3 Å². The zero-order chi connectivity index (χ0) is 11.3. The number of carboxylic acid groups (broad SMARTS) is 1. The lowest BCUT2D eigenvalue weighted by Gasteiger charge is -2.11. The molecule has 1 unspecified atom stereocenters. The van der Waals surface area contributed by atoms with Crippen LogP contribution in [0.15, 0.2) is 5.38 Å². The lowest BCUT2D eigenvalue weighted by atomic mass is 10.2. The number of nitrogens with one attached hydrogen (secondary N) is 1. The highest BCUT2D eigenvalue weighted by molar-refractivity contribution is 7.09. The highest BCUT2D eigenvalue weighted by Gasteiger charge is 2.15. The molecule has 0 aliphatic carbocycles. The summed E-state index contributed by atoms with van der Waals surface area (Å²) in [5.41, 5.74) is 0.985. The zero-order valence-corrected chi connectivity index (χ0v) is 9.80. The molecular weight excluding hydrogens is 212 g/mol. The van der Waals surface area contributed by atoms with Crippen molar-refractivity contribution >= 4 is 17.3 Å². The Morgan fingerprint density at radius 2 is 2.47 bits per heavy atom. The molecule has 1 rings (SSSR count). The molecule has 1 heterocycles. The summed E-state index contributed by atoms with van der Waals surface area (Å²) in [7, 11) is 0. The zero-order valence-electron chi connectivity index (χ0n) is 8.99. The van der Waals surface area contributed by atoms with Crippen LogP contribution >= 0.6 is 11.3 Å². The van der Waals surface area contributed by atoms with Crippen LogP contribution in [0.25, 0.3) is 0 Å². The molecule has 0 radical (unpaired) electrons. The number of hydrogen-bond acceptors (Lipinski definition) is 4. The van der Waals surface area contributed by atoms with Gasteiger partial charge < -0.3 is 5.11 Å². The van der Waals surface area contributed by atoms with E-state index in [-0.39, 0.29) is 0 Å². The highest BCUT2D eigenvalue weighted by Crippen LogP contribution is 2.09. The van der Waals surface area contributed by atoms with Gasteiger partial charge in [-0.05, 0) is 13.3 Å². The summed E-state index contributed by atoms with van der Waals surface area (Å²) in [6.07, 6.45) is 1.51. The molecule has 0 saturated carbocycles. The van der Waals surface area contributed by atoms with Gasteiger partial charge in [0.1, 0.15) is 11.0 Å². The maximum absolute atomic E-state index is 10.8. The van der Waals surface area contributed by atoms with Crippen LogP contribution in [-0.2, 0) is 11.3 Å². The van der Waals surface area contributed by atoms with E-state index in [2.05, 4.69) is 10.3 Å². The van der Waals surface area contributed by atoms with Crippen molar-refractivity contribution in [3.63, 3.8) is 0 Å². The maximum Gasteiger partial charge on any atom is 0.320 e. The molecule has 0 spiro atoms. The standard InChI is InChI=1S/C10H16N2O2S/c1-3-4-8(10(13)14)11-5-9-12-7(2)6-15-9/h6,8,11H,3-5H2,1-2H3,(H,13,14). The first kappa shape index (κ1) is 12.1. The largest absolute Gasteiger partial charge is 0.480 e. The van der Waals surface area contributed by atoms with Crippen molar-refractivity contribution < 1.29 is 9.90 Å². The van der Waals surface area contributed by atoms with E-state index < -0.39 is 12.0 Å². The summed E-state index contributed by atoms with van der Waals surface area (Å²) in [6.45, 7) is 4.45. The van der Waals surface area contributed by atoms with Crippen LogP contribution in [0.5, 0.6) is 0 Å². The highest BCUT2D eigenvalue weighted by atomic mass is 32.1. The van der Waals surface area contributed by atoms with E-state index in [4.69, 9.17) is 5.11 Å². The molecule has 0 saturated heterocycles. The van der Waals surface area contributed by atoms with Crippen LogP contribution in [0.2, 0.25) is 0 Å². The first-order chi connectivity index (χ1) is 7.13. The Bertz CT molecular complexity index is 325. The quantitative estimate of drug-likeness (QED) is 0.779. The van der Waals surface area contributed by atoms with Gasteiger partial charge in [0.2, 0.25) is 0 Å². The molecule has 84 valence electrons. The van der Waals surface area contributed by atoms with Gasteiger partial charge in [0.15, 0.2) is 0 Å². The second-order valence-corrected chi connectivity index (χ2v) is 4.39.